The first-order valence-corrected chi connectivity index (χ1v) is 2.12. The molecule has 42 valence electrons. The number of carbonyl (C=O) groups excluding carboxylic acids is 2. The molecular formula is C5H9NaO2. The molecule has 0 aromatic rings. The number of rotatable bonds is 2. The van der Waals surface area contributed by atoms with Crippen LogP contribution in [-0.4, -0.2) is 11.6 Å². The second-order valence-electron chi connectivity index (χ2n) is 1.58. The Morgan fingerprint density at radius 2 is 1.50 bits per heavy atom. The molecule has 0 bridgehead atoms. The second-order valence-corrected chi connectivity index (χ2v) is 1.58. The van der Waals surface area contributed by atoms with Crippen molar-refractivity contribution in [3.63, 3.8) is 0 Å². The SMILES string of the molecule is CC(=O)CC(C)=O.[H-].[Na+]. The van der Waals surface area contributed by atoms with E-state index in [4.69, 9.17) is 0 Å². The van der Waals surface area contributed by atoms with Gasteiger partial charge < -0.3 is 1.43 Å². The minimum atomic E-state index is -0.0625. The molecule has 0 aliphatic rings. The largest absolute Gasteiger partial charge is 1.00 e. The molecule has 0 aliphatic carbocycles. The third-order valence-corrected chi connectivity index (χ3v) is 0.498. The van der Waals surface area contributed by atoms with Gasteiger partial charge >= 0.3 is 29.6 Å². The van der Waals surface area contributed by atoms with Crippen LogP contribution in [0.15, 0.2) is 0 Å². The van der Waals surface area contributed by atoms with Crippen LogP contribution < -0.4 is 29.6 Å². The van der Waals surface area contributed by atoms with Gasteiger partial charge in [-0.15, -0.1) is 0 Å². The third-order valence-electron chi connectivity index (χ3n) is 0.498. The van der Waals surface area contributed by atoms with E-state index in [0.717, 1.165) is 0 Å². The van der Waals surface area contributed by atoms with Crippen molar-refractivity contribution in [1.29, 1.82) is 0 Å². The van der Waals surface area contributed by atoms with Gasteiger partial charge in [-0.2, -0.15) is 0 Å². The van der Waals surface area contributed by atoms with E-state index in [2.05, 4.69) is 0 Å². The van der Waals surface area contributed by atoms with Crippen LogP contribution in [0.3, 0.4) is 0 Å². The van der Waals surface area contributed by atoms with E-state index in [0.29, 0.717) is 0 Å². The Bertz CT molecular complexity index is 91.1. The van der Waals surface area contributed by atoms with Crippen LogP contribution in [0.4, 0.5) is 0 Å². The zero-order valence-corrected chi connectivity index (χ0v) is 7.52. The monoisotopic (exact) mass is 124 g/mol. The van der Waals surface area contributed by atoms with E-state index in [1.165, 1.54) is 13.8 Å². The van der Waals surface area contributed by atoms with E-state index < -0.39 is 0 Å². The molecule has 8 heavy (non-hydrogen) atoms. The minimum Gasteiger partial charge on any atom is -1.00 e. The van der Waals surface area contributed by atoms with Gasteiger partial charge in [0, 0.05) is 0 Å². The smallest absolute Gasteiger partial charge is 1.00 e. The second kappa shape index (κ2) is 5.48. The fourth-order valence-corrected chi connectivity index (χ4v) is 0.351. The minimum absolute atomic E-state index is 0. The molecule has 0 heterocycles. The zero-order valence-electron chi connectivity index (χ0n) is 6.52. The van der Waals surface area contributed by atoms with Crippen LogP contribution in [0.25, 0.3) is 0 Å². The summed E-state index contributed by atoms with van der Waals surface area (Å²) in [6.07, 6.45) is 0.0833. The molecular weight excluding hydrogens is 115 g/mol. The molecule has 0 N–H and O–H groups in total. The van der Waals surface area contributed by atoms with Crippen LogP contribution in [-0.2, 0) is 9.59 Å². The standard InChI is InChI=1S/C5H8O2.Na.H/c1-4(6)3-5(2)7;;/h3H2,1-2H3;;/q;+1;-1. The first-order chi connectivity index (χ1) is 3.13. The van der Waals surface area contributed by atoms with Crippen LogP contribution >= 0.6 is 0 Å². The van der Waals surface area contributed by atoms with Gasteiger partial charge in [0.25, 0.3) is 0 Å². The average molecular weight is 124 g/mol. The maximum absolute atomic E-state index is 10.0. The molecule has 0 rings (SSSR count). The Hall–Kier alpha value is 0.340. The Balaban J connectivity index is -0.000000180. The van der Waals surface area contributed by atoms with Gasteiger partial charge in [0.1, 0.15) is 11.6 Å². The molecule has 0 aliphatic heterocycles. The van der Waals surface area contributed by atoms with Crippen molar-refractivity contribution in [3.05, 3.63) is 0 Å². The zero-order chi connectivity index (χ0) is 5.86. The molecule has 3 heteroatoms. The molecule has 0 saturated carbocycles. The van der Waals surface area contributed by atoms with Gasteiger partial charge in [-0.05, 0) is 13.8 Å². The normalized spacial score (nSPS) is 7.25. The van der Waals surface area contributed by atoms with Gasteiger partial charge in [-0.25, -0.2) is 0 Å². The first kappa shape index (κ1) is 11.2. The number of hydrogen-bond donors (Lipinski definition) is 0. The summed E-state index contributed by atoms with van der Waals surface area (Å²) in [4.78, 5) is 20.1. The quantitative estimate of drug-likeness (QED) is 0.305. The Kier molecular flexibility index (Phi) is 7.65. The molecule has 0 spiro atoms. The topological polar surface area (TPSA) is 34.1 Å². The maximum atomic E-state index is 10.0. The average Bonchev–Trinajstić information content (AvgIpc) is 1.27. The van der Waals surface area contributed by atoms with Gasteiger partial charge in [-0.1, -0.05) is 0 Å². The summed E-state index contributed by atoms with van der Waals surface area (Å²) in [5, 5.41) is 0. The summed E-state index contributed by atoms with van der Waals surface area (Å²) < 4.78 is 0. The van der Waals surface area contributed by atoms with E-state index in [9.17, 15) is 9.59 Å². The Morgan fingerprint density at radius 1 is 1.25 bits per heavy atom. The third kappa shape index (κ3) is 9.60. The van der Waals surface area contributed by atoms with Crippen molar-refractivity contribution in [2.24, 2.45) is 0 Å². The molecule has 2 nitrogen and oxygen atoms in total. The number of carbonyl (C=O) groups is 2. The van der Waals surface area contributed by atoms with Gasteiger partial charge in [-0.3, -0.25) is 9.59 Å². The number of Topliss-reactive ketones (excluding diaryl/α,β-unsaturated/α-hetero) is 2. The summed E-state index contributed by atoms with van der Waals surface area (Å²) in [6, 6.07) is 0. The van der Waals surface area contributed by atoms with Crippen molar-refractivity contribution in [1.82, 2.24) is 0 Å². The van der Waals surface area contributed by atoms with Gasteiger partial charge in [0.05, 0.1) is 6.42 Å². The van der Waals surface area contributed by atoms with Crippen molar-refractivity contribution in [2.75, 3.05) is 0 Å². The molecule has 0 amide bonds. The Labute approximate surface area is 72.4 Å². The first-order valence-electron chi connectivity index (χ1n) is 2.12. The fourth-order valence-electron chi connectivity index (χ4n) is 0.351. The van der Waals surface area contributed by atoms with E-state index in [1.807, 2.05) is 0 Å². The molecule has 0 unspecified atom stereocenters. The number of ketones is 2. The predicted octanol–water partition coefficient (Wildman–Crippen LogP) is -2.33. The van der Waals surface area contributed by atoms with Crippen molar-refractivity contribution >= 4 is 11.6 Å². The van der Waals surface area contributed by atoms with Crippen LogP contribution in [0.2, 0.25) is 0 Å². The van der Waals surface area contributed by atoms with E-state index >= 15 is 0 Å². The van der Waals surface area contributed by atoms with Crippen LogP contribution in [0.5, 0.6) is 0 Å². The van der Waals surface area contributed by atoms with Crippen LogP contribution in [0.1, 0.15) is 21.7 Å². The molecule has 0 radical (unpaired) electrons. The molecule has 0 saturated heterocycles. The summed E-state index contributed by atoms with van der Waals surface area (Å²) in [5.74, 6) is -0.125. The summed E-state index contributed by atoms with van der Waals surface area (Å²) in [6.45, 7) is 2.81. The van der Waals surface area contributed by atoms with Gasteiger partial charge in [0.15, 0.2) is 0 Å². The van der Waals surface area contributed by atoms with Crippen molar-refractivity contribution < 1.29 is 40.6 Å². The van der Waals surface area contributed by atoms with Gasteiger partial charge in [0.2, 0.25) is 0 Å². The van der Waals surface area contributed by atoms with E-state index in [-0.39, 0.29) is 49.0 Å². The fraction of sp³-hybridized carbons (Fsp3) is 0.600. The van der Waals surface area contributed by atoms with Crippen LogP contribution in [0, 0.1) is 0 Å². The van der Waals surface area contributed by atoms with Crippen molar-refractivity contribution in [2.45, 2.75) is 20.3 Å². The molecule has 0 atom stereocenters. The Morgan fingerprint density at radius 3 is 1.50 bits per heavy atom. The summed E-state index contributed by atoms with van der Waals surface area (Å²) in [7, 11) is 0. The maximum Gasteiger partial charge on any atom is 1.00 e. The molecule has 0 aromatic heterocycles. The summed E-state index contributed by atoms with van der Waals surface area (Å²) >= 11 is 0. The van der Waals surface area contributed by atoms with Crippen molar-refractivity contribution in [3.8, 4) is 0 Å². The summed E-state index contributed by atoms with van der Waals surface area (Å²) in [5.41, 5.74) is 0. The molecule has 0 fully saturated rings. The predicted molar refractivity (Wildman–Crippen MR) is 27.1 cm³/mol. The number of hydrogen-bond acceptors (Lipinski definition) is 2. The van der Waals surface area contributed by atoms with E-state index in [1.54, 1.807) is 0 Å². The molecule has 0 aromatic carbocycles.